The van der Waals surface area contributed by atoms with Crippen LogP contribution < -0.4 is 10.9 Å². The molecule has 2 N–H and O–H groups in total. The molecular weight excluding hydrogens is 316 g/mol. The van der Waals surface area contributed by atoms with E-state index in [0.29, 0.717) is 23.4 Å². The van der Waals surface area contributed by atoms with Crippen LogP contribution in [-0.4, -0.2) is 27.0 Å². The van der Waals surface area contributed by atoms with Gasteiger partial charge >= 0.3 is 0 Å². The first kappa shape index (κ1) is 17.0. The SMILES string of the molecule is CCCCCCNC(=O)c1c[nH]n2c(=O)cc(-c3ccccc3)nc12. The lowest BCUT2D eigenvalue weighted by atomic mass is 10.1. The minimum atomic E-state index is -0.245. The molecule has 6 nitrogen and oxygen atoms in total. The van der Waals surface area contributed by atoms with E-state index in [2.05, 4.69) is 22.3 Å². The van der Waals surface area contributed by atoms with Gasteiger partial charge in [0, 0.05) is 24.4 Å². The molecule has 0 atom stereocenters. The number of aromatic amines is 1. The Hall–Kier alpha value is -2.89. The van der Waals surface area contributed by atoms with Crippen molar-refractivity contribution in [2.75, 3.05) is 6.54 Å². The van der Waals surface area contributed by atoms with Crippen LogP contribution in [0.3, 0.4) is 0 Å². The Morgan fingerprint density at radius 3 is 2.76 bits per heavy atom. The van der Waals surface area contributed by atoms with Crippen LogP contribution in [0.4, 0.5) is 0 Å². The largest absolute Gasteiger partial charge is 0.352 e. The van der Waals surface area contributed by atoms with Crippen molar-refractivity contribution in [3.63, 3.8) is 0 Å². The summed E-state index contributed by atoms with van der Waals surface area (Å²) in [6.45, 7) is 2.77. The zero-order chi connectivity index (χ0) is 17.6. The van der Waals surface area contributed by atoms with Gasteiger partial charge in [0.1, 0.15) is 5.56 Å². The monoisotopic (exact) mass is 338 g/mol. The number of unbranched alkanes of at least 4 members (excludes halogenated alkanes) is 3. The summed E-state index contributed by atoms with van der Waals surface area (Å²) in [6.07, 6.45) is 5.90. The average Bonchev–Trinajstić information content (AvgIpc) is 3.07. The topological polar surface area (TPSA) is 79.3 Å². The van der Waals surface area contributed by atoms with Gasteiger partial charge in [-0.25, -0.2) is 9.50 Å². The van der Waals surface area contributed by atoms with E-state index in [0.717, 1.165) is 24.8 Å². The third-order valence-electron chi connectivity index (χ3n) is 4.13. The zero-order valence-electron chi connectivity index (χ0n) is 14.3. The lowest BCUT2D eigenvalue weighted by Crippen LogP contribution is -2.25. The Balaban J connectivity index is 1.86. The third-order valence-corrected chi connectivity index (χ3v) is 4.13. The van der Waals surface area contributed by atoms with Crippen molar-refractivity contribution in [1.82, 2.24) is 19.9 Å². The summed E-state index contributed by atoms with van der Waals surface area (Å²) in [7, 11) is 0. The van der Waals surface area contributed by atoms with E-state index in [4.69, 9.17) is 0 Å². The number of nitrogens with one attached hydrogen (secondary N) is 2. The molecule has 0 radical (unpaired) electrons. The van der Waals surface area contributed by atoms with Crippen LogP contribution >= 0.6 is 0 Å². The molecule has 0 aliphatic heterocycles. The van der Waals surface area contributed by atoms with E-state index in [1.165, 1.54) is 23.2 Å². The Kier molecular flexibility index (Phi) is 5.28. The molecule has 2 aromatic heterocycles. The number of hydrogen-bond acceptors (Lipinski definition) is 3. The summed E-state index contributed by atoms with van der Waals surface area (Å²) in [5.41, 5.74) is 1.88. The summed E-state index contributed by atoms with van der Waals surface area (Å²) in [6, 6.07) is 10.9. The zero-order valence-corrected chi connectivity index (χ0v) is 14.3. The van der Waals surface area contributed by atoms with Gasteiger partial charge in [-0.2, -0.15) is 0 Å². The van der Waals surface area contributed by atoms with Crippen LogP contribution in [0.5, 0.6) is 0 Å². The molecule has 0 aliphatic rings. The van der Waals surface area contributed by atoms with E-state index < -0.39 is 0 Å². The van der Waals surface area contributed by atoms with Gasteiger partial charge in [-0.05, 0) is 6.42 Å². The summed E-state index contributed by atoms with van der Waals surface area (Å²) in [5, 5.41) is 5.71. The predicted octanol–water partition coefficient (Wildman–Crippen LogP) is 3.00. The Bertz CT molecular complexity index is 912. The van der Waals surface area contributed by atoms with Crippen molar-refractivity contribution >= 4 is 11.6 Å². The van der Waals surface area contributed by atoms with Crippen molar-refractivity contribution in [2.24, 2.45) is 0 Å². The van der Waals surface area contributed by atoms with Crippen LogP contribution in [0.1, 0.15) is 43.0 Å². The number of aromatic nitrogens is 3. The average molecular weight is 338 g/mol. The van der Waals surface area contributed by atoms with Gasteiger partial charge in [0.05, 0.1) is 5.69 Å². The molecule has 3 rings (SSSR count). The fourth-order valence-corrected chi connectivity index (χ4v) is 2.75. The molecule has 0 saturated heterocycles. The minimum absolute atomic E-state index is 0.215. The number of amides is 1. The van der Waals surface area contributed by atoms with Gasteiger partial charge in [-0.1, -0.05) is 56.5 Å². The van der Waals surface area contributed by atoms with Gasteiger partial charge < -0.3 is 5.32 Å². The van der Waals surface area contributed by atoms with E-state index in [-0.39, 0.29) is 11.5 Å². The Labute approximate surface area is 145 Å². The minimum Gasteiger partial charge on any atom is -0.352 e. The highest BCUT2D eigenvalue weighted by Crippen LogP contribution is 2.16. The second-order valence-corrected chi connectivity index (χ2v) is 6.01. The highest BCUT2D eigenvalue weighted by Gasteiger charge is 2.15. The van der Waals surface area contributed by atoms with Gasteiger partial charge in [-0.15, -0.1) is 0 Å². The van der Waals surface area contributed by atoms with Gasteiger partial charge in [0.2, 0.25) is 0 Å². The molecule has 0 fully saturated rings. The first-order chi connectivity index (χ1) is 12.2. The van der Waals surface area contributed by atoms with Crippen LogP contribution in [0, 0.1) is 0 Å². The maximum Gasteiger partial charge on any atom is 0.273 e. The Morgan fingerprint density at radius 1 is 1.20 bits per heavy atom. The van der Waals surface area contributed by atoms with E-state index >= 15 is 0 Å². The fraction of sp³-hybridized carbons (Fsp3) is 0.316. The third kappa shape index (κ3) is 3.79. The molecule has 1 aromatic carbocycles. The van der Waals surface area contributed by atoms with Crippen LogP contribution in [-0.2, 0) is 0 Å². The first-order valence-corrected chi connectivity index (χ1v) is 8.65. The van der Waals surface area contributed by atoms with Crippen LogP contribution in [0.25, 0.3) is 16.9 Å². The molecule has 0 bridgehead atoms. The molecule has 0 aliphatic carbocycles. The number of carbonyl (C=O) groups excluding carboxylic acids is 1. The van der Waals surface area contributed by atoms with Crippen molar-refractivity contribution in [3.8, 4) is 11.3 Å². The van der Waals surface area contributed by atoms with Crippen molar-refractivity contribution in [2.45, 2.75) is 32.6 Å². The van der Waals surface area contributed by atoms with Crippen LogP contribution in [0.2, 0.25) is 0 Å². The van der Waals surface area contributed by atoms with Gasteiger partial charge in [0.25, 0.3) is 11.5 Å². The number of H-pyrrole nitrogens is 1. The molecule has 3 aromatic rings. The Morgan fingerprint density at radius 2 is 2.00 bits per heavy atom. The number of hydrogen-bond donors (Lipinski definition) is 2. The van der Waals surface area contributed by atoms with Crippen molar-refractivity contribution in [1.29, 1.82) is 0 Å². The predicted molar refractivity (Wildman–Crippen MR) is 97.7 cm³/mol. The van der Waals surface area contributed by atoms with Crippen molar-refractivity contribution < 1.29 is 4.79 Å². The highest BCUT2D eigenvalue weighted by atomic mass is 16.2. The number of carbonyl (C=O) groups is 1. The van der Waals surface area contributed by atoms with Crippen LogP contribution in [0.15, 0.2) is 47.4 Å². The van der Waals surface area contributed by atoms with E-state index in [1.807, 2.05) is 30.3 Å². The van der Waals surface area contributed by atoms with E-state index in [9.17, 15) is 9.59 Å². The van der Waals surface area contributed by atoms with E-state index in [1.54, 1.807) is 0 Å². The molecule has 6 heteroatoms. The molecule has 25 heavy (non-hydrogen) atoms. The quantitative estimate of drug-likeness (QED) is 0.650. The lowest BCUT2D eigenvalue weighted by Gasteiger charge is -2.05. The number of benzene rings is 1. The summed E-state index contributed by atoms with van der Waals surface area (Å²) >= 11 is 0. The number of nitrogens with zero attached hydrogens (tertiary/aromatic N) is 2. The fourth-order valence-electron chi connectivity index (χ4n) is 2.75. The lowest BCUT2D eigenvalue weighted by molar-refractivity contribution is 0.0954. The number of rotatable bonds is 7. The molecule has 2 heterocycles. The summed E-state index contributed by atoms with van der Waals surface area (Å²) in [5.74, 6) is -0.215. The smallest absolute Gasteiger partial charge is 0.273 e. The molecule has 130 valence electrons. The second-order valence-electron chi connectivity index (χ2n) is 6.01. The standard InChI is InChI=1S/C19H22N4O2/c1-2-3-4-8-11-20-19(25)15-13-21-23-17(24)12-16(22-18(15)23)14-9-6-5-7-10-14/h5-7,9-10,12-13,21H,2-4,8,11H2,1H3,(H,20,25). The molecule has 0 saturated carbocycles. The first-order valence-electron chi connectivity index (χ1n) is 8.65. The number of fused-ring (bicyclic) bond motifs is 1. The maximum absolute atomic E-state index is 12.4. The molecular formula is C19H22N4O2. The van der Waals surface area contributed by atoms with Gasteiger partial charge in [0.15, 0.2) is 5.65 Å². The normalized spacial score (nSPS) is 10.9. The maximum atomic E-state index is 12.4. The molecule has 1 amide bonds. The molecule has 0 spiro atoms. The summed E-state index contributed by atoms with van der Waals surface area (Å²) < 4.78 is 1.29. The summed E-state index contributed by atoms with van der Waals surface area (Å²) in [4.78, 5) is 29.2. The molecule has 0 unspecified atom stereocenters. The van der Waals surface area contributed by atoms with Crippen molar-refractivity contribution in [3.05, 3.63) is 58.5 Å². The highest BCUT2D eigenvalue weighted by molar-refractivity contribution is 5.99. The second kappa shape index (κ2) is 7.79. The van der Waals surface area contributed by atoms with Gasteiger partial charge in [-0.3, -0.25) is 14.7 Å².